The lowest BCUT2D eigenvalue weighted by atomic mass is 10.1. The second kappa shape index (κ2) is 9.64. The summed E-state index contributed by atoms with van der Waals surface area (Å²) >= 11 is 0. The summed E-state index contributed by atoms with van der Waals surface area (Å²) in [6, 6.07) is 7.68. The van der Waals surface area contributed by atoms with E-state index in [0.717, 1.165) is 36.8 Å². The summed E-state index contributed by atoms with van der Waals surface area (Å²) in [5, 5.41) is 2.92. The fourth-order valence-electron chi connectivity index (χ4n) is 2.04. The van der Waals surface area contributed by atoms with E-state index in [0.29, 0.717) is 19.4 Å². The van der Waals surface area contributed by atoms with Gasteiger partial charge in [0.05, 0.1) is 0 Å². The van der Waals surface area contributed by atoms with Crippen molar-refractivity contribution >= 4 is 24.0 Å². The fraction of sp³-hybridized carbons (Fsp3) is 0.562. The van der Waals surface area contributed by atoms with E-state index in [1.165, 1.54) is 12.8 Å². The molecule has 1 aromatic rings. The van der Waals surface area contributed by atoms with E-state index in [1.807, 2.05) is 24.3 Å². The number of para-hydroxylation sites is 1. The van der Waals surface area contributed by atoms with Crippen molar-refractivity contribution in [3.05, 3.63) is 29.8 Å². The van der Waals surface area contributed by atoms with Gasteiger partial charge >= 0.3 is 0 Å². The average Bonchev–Trinajstić information content (AvgIpc) is 3.26. The highest BCUT2D eigenvalue weighted by atomic mass is 35.5. The van der Waals surface area contributed by atoms with Gasteiger partial charge < -0.3 is 15.8 Å². The first-order valence-corrected chi connectivity index (χ1v) is 7.43. The van der Waals surface area contributed by atoms with Crippen molar-refractivity contribution in [3.8, 4) is 0 Å². The summed E-state index contributed by atoms with van der Waals surface area (Å²) < 4.78 is 5.52. The minimum Gasteiger partial charge on any atom is -0.399 e. The van der Waals surface area contributed by atoms with Crippen LogP contribution in [-0.4, -0.2) is 25.7 Å². The third-order valence-electron chi connectivity index (χ3n) is 3.51. The molecular weight excluding hydrogens is 288 g/mol. The van der Waals surface area contributed by atoms with Crippen LogP contribution in [0.2, 0.25) is 0 Å². The molecule has 1 aromatic carbocycles. The van der Waals surface area contributed by atoms with Crippen LogP contribution in [0.25, 0.3) is 0 Å². The predicted molar refractivity (Wildman–Crippen MR) is 87.6 cm³/mol. The first kappa shape index (κ1) is 17.8. The van der Waals surface area contributed by atoms with Crippen LogP contribution in [0.15, 0.2) is 24.3 Å². The molecule has 1 saturated carbocycles. The van der Waals surface area contributed by atoms with Crippen molar-refractivity contribution in [2.24, 2.45) is 5.92 Å². The molecule has 5 heteroatoms. The number of ether oxygens (including phenoxy) is 1. The maximum absolute atomic E-state index is 11.7. The molecule has 0 spiro atoms. The van der Waals surface area contributed by atoms with Crippen LogP contribution in [0, 0.1) is 5.92 Å². The Labute approximate surface area is 132 Å². The Morgan fingerprint density at radius 2 is 2.10 bits per heavy atom. The first-order valence-electron chi connectivity index (χ1n) is 7.43. The van der Waals surface area contributed by atoms with E-state index in [-0.39, 0.29) is 18.3 Å². The number of hydrogen-bond acceptors (Lipinski definition) is 3. The molecule has 118 valence electrons. The molecule has 2 rings (SSSR count). The number of nitrogens with one attached hydrogen (secondary N) is 1. The van der Waals surface area contributed by atoms with Gasteiger partial charge in [0.2, 0.25) is 5.91 Å². The normalized spacial score (nSPS) is 13.5. The van der Waals surface area contributed by atoms with Gasteiger partial charge in [0, 0.05) is 31.9 Å². The monoisotopic (exact) mass is 312 g/mol. The number of anilines is 1. The van der Waals surface area contributed by atoms with Crippen molar-refractivity contribution in [2.45, 2.75) is 32.1 Å². The van der Waals surface area contributed by atoms with Crippen LogP contribution in [0.1, 0.15) is 31.2 Å². The largest absolute Gasteiger partial charge is 0.399 e. The molecule has 4 nitrogen and oxygen atoms in total. The highest BCUT2D eigenvalue weighted by Gasteiger charge is 2.20. The van der Waals surface area contributed by atoms with Gasteiger partial charge in [-0.05, 0) is 43.2 Å². The van der Waals surface area contributed by atoms with Crippen LogP contribution < -0.4 is 11.1 Å². The van der Waals surface area contributed by atoms with Crippen molar-refractivity contribution in [1.82, 2.24) is 5.32 Å². The number of halogens is 1. The molecule has 0 atom stereocenters. The molecule has 0 aliphatic heterocycles. The smallest absolute Gasteiger partial charge is 0.220 e. The van der Waals surface area contributed by atoms with Crippen LogP contribution in [0.5, 0.6) is 0 Å². The van der Waals surface area contributed by atoms with E-state index < -0.39 is 0 Å². The molecule has 1 fully saturated rings. The van der Waals surface area contributed by atoms with Crippen LogP contribution >= 0.6 is 12.4 Å². The second-order valence-electron chi connectivity index (χ2n) is 5.42. The zero-order chi connectivity index (χ0) is 14.2. The molecule has 0 unspecified atom stereocenters. The standard InChI is InChI=1S/C16H24N2O2.ClH/c17-15-5-2-1-4-14(15)8-9-16(19)18-10-3-11-20-12-13-6-7-13;/h1-2,4-5,13H,3,6-12,17H2,(H,18,19);1H. The van der Waals surface area contributed by atoms with E-state index in [1.54, 1.807) is 0 Å². The van der Waals surface area contributed by atoms with Gasteiger partial charge in [0.25, 0.3) is 0 Å². The molecular formula is C16H25ClN2O2. The van der Waals surface area contributed by atoms with E-state index in [2.05, 4.69) is 5.32 Å². The number of benzene rings is 1. The highest BCUT2D eigenvalue weighted by Crippen LogP contribution is 2.28. The third kappa shape index (κ3) is 7.34. The Hall–Kier alpha value is -1.26. The average molecular weight is 313 g/mol. The van der Waals surface area contributed by atoms with Gasteiger partial charge in [0.15, 0.2) is 0 Å². The number of nitrogens with two attached hydrogens (primary N) is 1. The van der Waals surface area contributed by atoms with Crippen LogP contribution in [0.4, 0.5) is 5.69 Å². The second-order valence-corrected chi connectivity index (χ2v) is 5.42. The molecule has 0 bridgehead atoms. The Morgan fingerprint density at radius 3 is 2.81 bits per heavy atom. The fourth-order valence-corrected chi connectivity index (χ4v) is 2.04. The zero-order valence-corrected chi connectivity index (χ0v) is 13.2. The lowest BCUT2D eigenvalue weighted by molar-refractivity contribution is -0.121. The number of amides is 1. The van der Waals surface area contributed by atoms with E-state index in [9.17, 15) is 4.79 Å². The molecule has 1 amide bonds. The van der Waals surface area contributed by atoms with Gasteiger partial charge in [-0.2, -0.15) is 0 Å². The van der Waals surface area contributed by atoms with Gasteiger partial charge in [-0.25, -0.2) is 0 Å². The van der Waals surface area contributed by atoms with Gasteiger partial charge in [0.1, 0.15) is 0 Å². The molecule has 21 heavy (non-hydrogen) atoms. The number of aryl methyl sites for hydroxylation is 1. The molecule has 1 aliphatic rings. The Kier molecular flexibility index (Phi) is 8.16. The molecule has 3 N–H and O–H groups in total. The molecule has 0 heterocycles. The van der Waals surface area contributed by atoms with E-state index >= 15 is 0 Å². The zero-order valence-electron chi connectivity index (χ0n) is 12.3. The summed E-state index contributed by atoms with van der Waals surface area (Å²) in [5.74, 6) is 0.886. The predicted octanol–water partition coefficient (Wildman–Crippen LogP) is 2.56. The minimum atomic E-state index is 0. The minimum absolute atomic E-state index is 0. The SMILES string of the molecule is Cl.Nc1ccccc1CCC(=O)NCCCOCC1CC1. The summed E-state index contributed by atoms with van der Waals surface area (Å²) in [6.45, 7) is 2.32. The summed E-state index contributed by atoms with van der Waals surface area (Å²) in [4.78, 5) is 11.7. The molecule has 0 radical (unpaired) electrons. The number of carbonyl (C=O) groups excluding carboxylic acids is 1. The Morgan fingerprint density at radius 1 is 1.33 bits per heavy atom. The lowest BCUT2D eigenvalue weighted by Crippen LogP contribution is -2.25. The van der Waals surface area contributed by atoms with Crippen LogP contribution in [0.3, 0.4) is 0 Å². The molecule has 1 aliphatic carbocycles. The first-order chi connectivity index (χ1) is 9.75. The van der Waals surface area contributed by atoms with Gasteiger partial charge in [-0.15, -0.1) is 12.4 Å². The highest BCUT2D eigenvalue weighted by molar-refractivity contribution is 5.85. The van der Waals surface area contributed by atoms with Gasteiger partial charge in [-0.1, -0.05) is 18.2 Å². The van der Waals surface area contributed by atoms with Gasteiger partial charge in [-0.3, -0.25) is 4.79 Å². The number of nitrogen functional groups attached to an aromatic ring is 1. The number of hydrogen-bond donors (Lipinski definition) is 2. The molecule has 0 aromatic heterocycles. The topological polar surface area (TPSA) is 64.4 Å². The number of rotatable bonds is 9. The summed E-state index contributed by atoms with van der Waals surface area (Å²) in [7, 11) is 0. The van der Waals surface area contributed by atoms with E-state index in [4.69, 9.17) is 10.5 Å². The molecule has 0 saturated heterocycles. The number of carbonyl (C=O) groups is 1. The maximum atomic E-state index is 11.7. The van der Waals surface area contributed by atoms with Crippen molar-refractivity contribution < 1.29 is 9.53 Å². The third-order valence-corrected chi connectivity index (χ3v) is 3.51. The van der Waals surface area contributed by atoms with Crippen molar-refractivity contribution in [3.63, 3.8) is 0 Å². The quantitative estimate of drug-likeness (QED) is 0.544. The summed E-state index contributed by atoms with van der Waals surface area (Å²) in [6.07, 6.45) is 4.69. The Bertz CT molecular complexity index is 436. The maximum Gasteiger partial charge on any atom is 0.220 e. The summed E-state index contributed by atoms with van der Waals surface area (Å²) in [5.41, 5.74) is 7.64. The van der Waals surface area contributed by atoms with Crippen molar-refractivity contribution in [2.75, 3.05) is 25.5 Å². The Balaban J connectivity index is 0.00000220. The van der Waals surface area contributed by atoms with Crippen molar-refractivity contribution in [1.29, 1.82) is 0 Å². The van der Waals surface area contributed by atoms with Crippen LogP contribution in [-0.2, 0) is 16.0 Å². The lowest BCUT2D eigenvalue weighted by Gasteiger charge is -2.07.